The largest absolute Gasteiger partial charge is 0 e. The fraction of sp³-hybridized carbons (Fsp3) is 0.333. The first kappa shape index (κ1) is 27.2. The van der Waals surface area contributed by atoms with Gasteiger partial charge in [-0.2, -0.15) is 11.1 Å². The van der Waals surface area contributed by atoms with Crippen molar-refractivity contribution in [3.63, 3.8) is 0 Å². The summed E-state index contributed by atoms with van der Waals surface area (Å²) in [5, 5.41) is 2.50. The zero-order valence-corrected chi connectivity index (χ0v) is 18.1. The molecule has 0 heterocycles. The minimum atomic E-state index is -1.11. The second-order valence-electron chi connectivity index (χ2n) is 5.81. The number of rotatable bonds is 2. The number of benzene rings is 2. The van der Waals surface area contributed by atoms with Gasteiger partial charge < -0.3 is 0 Å². The van der Waals surface area contributed by atoms with E-state index in [2.05, 4.69) is 75.7 Å². The average molecular weight is 428 g/mol. The van der Waals surface area contributed by atoms with Crippen LogP contribution in [-0.2, 0) is 26.4 Å². The number of hydrogen-bond acceptors (Lipinski definition) is 0. The molecule has 1 fully saturated rings. The molecule has 3 rings (SSSR count). The van der Waals surface area contributed by atoms with Crippen LogP contribution < -0.4 is 10.4 Å². The van der Waals surface area contributed by atoms with Crippen molar-refractivity contribution in [3.05, 3.63) is 73.0 Å². The summed E-state index contributed by atoms with van der Waals surface area (Å²) in [5.41, 5.74) is 2.55. The van der Waals surface area contributed by atoms with E-state index in [0.29, 0.717) is 0 Å². The van der Waals surface area contributed by atoms with Gasteiger partial charge >= 0.3 is 22.6 Å². The molecule has 0 aliphatic heterocycles. The molecule has 2 aromatic rings. The maximum absolute atomic E-state index is 7.50. The minimum absolute atomic E-state index is 0. The second kappa shape index (κ2) is 17.4. The van der Waals surface area contributed by atoms with Gasteiger partial charge in [-0.25, -0.2) is 0 Å². The molecule has 1 saturated carbocycles. The number of halogens is 1. The van der Waals surface area contributed by atoms with E-state index < -0.39 is 8.11 Å². The van der Waals surface area contributed by atoms with Gasteiger partial charge in [0.25, 0.3) is 0 Å². The Labute approximate surface area is 174 Å². The van der Waals surface area contributed by atoms with Crippen LogP contribution in [0.1, 0.15) is 43.2 Å². The third kappa shape index (κ3) is 10.8. The molecule has 1 aliphatic carbocycles. The predicted octanol–water partition coefficient (Wildman–Crippen LogP) is 4.52. The van der Waals surface area contributed by atoms with Gasteiger partial charge in [-0.15, -0.1) is 0 Å². The number of aryl methyl sites for hydroxylation is 2. The summed E-state index contributed by atoms with van der Waals surface area (Å²) in [7, 11) is -1.11. The molecule has 0 saturated heterocycles. The fourth-order valence-corrected chi connectivity index (χ4v) is 4.46. The van der Waals surface area contributed by atoms with Crippen molar-refractivity contribution in [2.45, 2.75) is 46.0 Å². The van der Waals surface area contributed by atoms with Crippen LogP contribution in [0.5, 0.6) is 0 Å². The zero-order valence-electron chi connectivity index (χ0n) is 15.2. The number of hydrogen-bond donors (Lipinski definition) is 0. The summed E-state index contributed by atoms with van der Waals surface area (Å²) in [6.07, 6.45) is 7.50. The van der Waals surface area contributed by atoms with Gasteiger partial charge in [0.2, 0.25) is 8.11 Å². The molecule has 139 valence electrons. The van der Waals surface area contributed by atoms with Crippen molar-refractivity contribution in [2.24, 2.45) is 0 Å². The van der Waals surface area contributed by atoms with Crippen LogP contribution in [-0.4, -0.2) is 8.11 Å². The van der Waals surface area contributed by atoms with Crippen molar-refractivity contribution in [2.75, 3.05) is 0 Å². The standard InChI is InChI=1S/C14H14ClSi.C5H10.2CO.Fe/c1-11-3-7-13(8-4-11)16(15)14-9-5-12(2)6-10-14;1-2-4-5-3-1;2*1-2;/h3-10H,1-2H3;1-5H2;;;. The van der Waals surface area contributed by atoms with Gasteiger partial charge in [-0.3, -0.25) is 0 Å². The van der Waals surface area contributed by atoms with Gasteiger partial charge in [-0.1, -0.05) is 91.8 Å². The summed E-state index contributed by atoms with van der Waals surface area (Å²) >= 11 is 6.54. The Hall–Kier alpha value is -1.05. The van der Waals surface area contributed by atoms with Crippen LogP contribution in [0.4, 0.5) is 0 Å². The molecule has 0 unspecified atom stereocenters. The van der Waals surface area contributed by atoms with Crippen molar-refractivity contribution >= 4 is 29.6 Å². The van der Waals surface area contributed by atoms with E-state index in [0.717, 1.165) is 0 Å². The third-order valence-electron chi connectivity index (χ3n) is 3.86. The Morgan fingerprint density at radius 1 is 0.654 bits per heavy atom. The molecule has 0 aromatic heterocycles. The van der Waals surface area contributed by atoms with E-state index in [1.54, 1.807) is 0 Å². The first-order valence-electron chi connectivity index (χ1n) is 8.24. The van der Waals surface area contributed by atoms with Crippen LogP contribution in [0.3, 0.4) is 0 Å². The van der Waals surface area contributed by atoms with Gasteiger partial charge in [0.1, 0.15) is 0 Å². The van der Waals surface area contributed by atoms with Crippen LogP contribution in [0.2, 0.25) is 0 Å². The van der Waals surface area contributed by atoms with Crippen LogP contribution in [0.25, 0.3) is 0 Å². The molecule has 1 aliphatic rings. The maximum Gasteiger partial charge on any atom is 0 e. The molecule has 26 heavy (non-hydrogen) atoms. The summed E-state index contributed by atoms with van der Waals surface area (Å²) < 4.78 is 15.0. The molecule has 0 bridgehead atoms. The Balaban J connectivity index is 0. The van der Waals surface area contributed by atoms with E-state index in [-0.39, 0.29) is 17.1 Å². The Bertz CT molecular complexity index is 561. The SMILES string of the molecule is C1CCCC1.Cc1ccc([Si](Cl)c2ccc(C)cc2)cc1.[C-]#[O+].[C-]#[O+].[Fe]. The molecule has 0 atom stereocenters. The van der Waals surface area contributed by atoms with Gasteiger partial charge in [0, 0.05) is 17.1 Å². The molecule has 1 radical (unpaired) electrons. The monoisotopic (exact) mass is 427 g/mol. The van der Waals surface area contributed by atoms with Crippen LogP contribution >= 0.6 is 11.1 Å². The fourth-order valence-electron chi connectivity index (χ4n) is 2.45. The van der Waals surface area contributed by atoms with Crippen molar-refractivity contribution in [1.29, 1.82) is 0 Å². The summed E-state index contributed by atoms with van der Waals surface area (Å²) in [6, 6.07) is 17.0. The molecule has 0 spiro atoms. The summed E-state index contributed by atoms with van der Waals surface area (Å²) in [5.74, 6) is 0. The molecular weight excluding hydrogens is 404 g/mol. The molecule has 0 amide bonds. The van der Waals surface area contributed by atoms with Gasteiger partial charge in [-0.05, 0) is 24.2 Å². The molecule has 2 aromatic carbocycles. The first-order chi connectivity index (χ1) is 12.2. The van der Waals surface area contributed by atoms with E-state index in [1.807, 2.05) is 0 Å². The van der Waals surface area contributed by atoms with Crippen molar-refractivity contribution in [1.82, 2.24) is 0 Å². The average Bonchev–Trinajstić information content (AvgIpc) is 3.26. The van der Waals surface area contributed by atoms with E-state index >= 15 is 0 Å². The topological polar surface area (TPSA) is 39.8 Å². The first-order valence-corrected chi connectivity index (χ1v) is 10.8. The maximum atomic E-state index is 7.50. The summed E-state index contributed by atoms with van der Waals surface area (Å²) in [6.45, 7) is 13.2. The van der Waals surface area contributed by atoms with Crippen LogP contribution in [0.15, 0.2) is 48.5 Å². The normalized spacial score (nSPS) is 11.4. The Kier molecular flexibility index (Phi) is 18.1. The van der Waals surface area contributed by atoms with E-state index in [9.17, 15) is 0 Å². The van der Waals surface area contributed by atoms with Crippen molar-refractivity contribution in [3.8, 4) is 0 Å². The summed E-state index contributed by atoms with van der Waals surface area (Å²) in [4.78, 5) is 0. The molecule has 2 nitrogen and oxygen atoms in total. The zero-order chi connectivity index (χ0) is 19.1. The van der Waals surface area contributed by atoms with Crippen LogP contribution in [0, 0.1) is 27.1 Å². The quantitative estimate of drug-likeness (QED) is 0.293. The third-order valence-corrected chi connectivity index (χ3v) is 6.85. The molecule has 0 N–H and O–H groups in total. The minimum Gasteiger partial charge on any atom is 0 e. The Morgan fingerprint density at radius 2 is 0.885 bits per heavy atom. The van der Waals surface area contributed by atoms with Gasteiger partial charge in [0.05, 0.1) is 0 Å². The predicted molar refractivity (Wildman–Crippen MR) is 104 cm³/mol. The smallest absolute Gasteiger partial charge is 0 e. The Morgan fingerprint density at radius 3 is 1.12 bits per heavy atom. The molecule has 5 heteroatoms. The molecular formula is C21H24ClFeO2Si. The second-order valence-corrected chi connectivity index (χ2v) is 8.73. The van der Waals surface area contributed by atoms with Crippen molar-refractivity contribution < 1.29 is 26.4 Å². The van der Waals surface area contributed by atoms with Gasteiger partial charge in [0.15, 0.2) is 0 Å². The van der Waals surface area contributed by atoms with E-state index in [4.69, 9.17) is 20.4 Å². The van der Waals surface area contributed by atoms with E-state index in [1.165, 1.54) is 53.6 Å².